The maximum absolute atomic E-state index is 5.44. The summed E-state index contributed by atoms with van der Waals surface area (Å²) in [5, 5.41) is 4.65. The molecule has 0 atom stereocenters. The number of anilines is 1. The lowest BCUT2D eigenvalue weighted by atomic mass is 10.4. The van der Waals surface area contributed by atoms with E-state index in [9.17, 15) is 0 Å². The van der Waals surface area contributed by atoms with Crippen molar-refractivity contribution in [2.75, 3.05) is 19.8 Å². The van der Waals surface area contributed by atoms with E-state index in [0.29, 0.717) is 11.6 Å². The van der Waals surface area contributed by atoms with E-state index in [4.69, 9.17) is 10.3 Å². The molecule has 0 radical (unpaired) electrons. The van der Waals surface area contributed by atoms with Gasteiger partial charge in [-0.25, -0.2) is 4.98 Å². The summed E-state index contributed by atoms with van der Waals surface area (Å²) in [4.78, 5) is 7.55. The van der Waals surface area contributed by atoms with Crippen molar-refractivity contribution in [3.8, 4) is 10.7 Å². The summed E-state index contributed by atoms with van der Waals surface area (Å²) in [7, 11) is 4.04. The SMILES string of the molecule is CN(C)Cc1cnc(-c2cc(N)on2)s1. The fraction of sp³-hybridized carbons (Fsp3) is 0.333. The largest absolute Gasteiger partial charge is 0.368 e. The molecule has 80 valence electrons. The number of rotatable bonds is 3. The Hall–Kier alpha value is -1.40. The average Bonchev–Trinajstić information content (AvgIpc) is 2.72. The van der Waals surface area contributed by atoms with E-state index in [-0.39, 0.29) is 0 Å². The normalized spacial score (nSPS) is 11.1. The maximum atomic E-state index is 5.44. The Morgan fingerprint density at radius 3 is 2.93 bits per heavy atom. The predicted octanol–water partition coefficient (Wildman–Crippen LogP) is 1.44. The number of thiazole rings is 1. The van der Waals surface area contributed by atoms with Gasteiger partial charge in [0.15, 0.2) is 0 Å². The minimum Gasteiger partial charge on any atom is -0.368 e. The third kappa shape index (κ3) is 2.34. The molecule has 0 saturated heterocycles. The quantitative estimate of drug-likeness (QED) is 0.854. The van der Waals surface area contributed by atoms with Crippen LogP contribution in [0.25, 0.3) is 10.7 Å². The van der Waals surface area contributed by atoms with E-state index in [1.807, 2.05) is 20.3 Å². The van der Waals surface area contributed by atoms with Gasteiger partial charge in [0.05, 0.1) is 0 Å². The Morgan fingerprint density at radius 1 is 1.53 bits per heavy atom. The van der Waals surface area contributed by atoms with Crippen molar-refractivity contribution in [3.63, 3.8) is 0 Å². The van der Waals surface area contributed by atoms with Gasteiger partial charge in [0.25, 0.3) is 0 Å². The third-order valence-electron chi connectivity index (χ3n) is 1.77. The summed E-state index contributed by atoms with van der Waals surface area (Å²) in [5.74, 6) is 0.314. The number of nitrogens with two attached hydrogens (primary N) is 1. The molecule has 15 heavy (non-hydrogen) atoms. The van der Waals surface area contributed by atoms with Crippen LogP contribution >= 0.6 is 11.3 Å². The molecule has 0 aliphatic carbocycles. The van der Waals surface area contributed by atoms with Crippen molar-refractivity contribution in [2.24, 2.45) is 0 Å². The Morgan fingerprint density at radius 2 is 2.33 bits per heavy atom. The Bertz CT molecular complexity index is 448. The van der Waals surface area contributed by atoms with Crippen molar-refractivity contribution < 1.29 is 4.52 Å². The molecule has 2 N–H and O–H groups in total. The molecule has 0 bridgehead atoms. The highest BCUT2D eigenvalue weighted by molar-refractivity contribution is 7.14. The lowest BCUT2D eigenvalue weighted by Crippen LogP contribution is -2.09. The van der Waals surface area contributed by atoms with E-state index < -0.39 is 0 Å². The lowest BCUT2D eigenvalue weighted by molar-refractivity contribution is 0.406. The molecule has 0 spiro atoms. The lowest BCUT2D eigenvalue weighted by Gasteiger charge is -2.05. The van der Waals surface area contributed by atoms with E-state index in [2.05, 4.69) is 15.0 Å². The molecule has 0 amide bonds. The zero-order chi connectivity index (χ0) is 10.8. The summed E-state index contributed by atoms with van der Waals surface area (Å²) in [6.07, 6.45) is 1.85. The Balaban J connectivity index is 2.20. The second kappa shape index (κ2) is 4.00. The van der Waals surface area contributed by atoms with Crippen molar-refractivity contribution in [1.29, 1.82) is 0 Å². The monoisotopic (exact) mass is 224 g/mol. The highest BCUT2D eigenvalue weighted by Gasteiger charge is 2.09. The number of hydrogen-bond acceptors (Lipinski definition) is 6. The fourth-order valence-corrected chi connectivity index (χ4v) is 2.18. The molecule has 5 nitrogen and oxygen atoms in total. The van der Waals surface area contributed by atoms with Crippen LogP contribution in [0.2, 0.25) is 0 Å². The summed E-state index contributed by atoms with van der Waals surface area (Å²) in [5.41, 5.74) is 6.14. The number of hydrogen-bond donors (Lipinski definition) is 1. The Labute approximate surface area is 91.5 Å². The third-order valence-corrected chi connectivity index (χ3v) is 2.78. The molecular formula is C9H12N4OS. The molecule has 2 aromatic rings. The van der Waals surface area contributed by atoms with E-state index >= 15 is 0 Å². The summed E-state index contributed by atoms with van der Waals surface area (Å²) >= 11 is 1.60. The minimum absolute atomic E-state index is 0.314. The molecule has 0 aliphatic heterocycles. The summed E-state index contributed by atoms with van der Waals surface area (Å²) in [6, 6.07) is 1.68. The van der Waals surface area contributed by atoms with E-state index in [0.717, 1.165) is 11.6 Å². The maximum Gasteiger partial charge on any atom is 0.222 e. The van der Waals surface area contributed by atoms with Crippen LogP contribution in [-0.2, 0) is 6.54 Å². The molecule has 0 unspecified atom stereocenters. The molecule has 2 aromatic heterocycles. The zero-order valence-corrected chi connectivity index (χ0v) is 9.41. The first kappa shape index (κ1) is 10.1. The molecule has 0 fully saturated rings. The van der Waals surface area contributed by atoms with Crippen LogP contribution < -0.4 is 5.73 Å². The Kier molecular flexibility index (Phi) is 2.70. The first-order valence-electron chi connectivity index (χ1n) is 4.47. The van der Waals surface area contributed by atoms with Gasteiger partial charge >= 0.3 is 0 Å². The first-order valence-corrected chi connectivity index (χ1v) is 5.29. The van der Waals surface area contributed by atoms with Gasteiger partial charge in [-0.2, -0.15) is 0 Å². The highest BCUT2D eigenvalue weighted by Crippen LogP contribution is 2.25. The van der Waals surface area contributed by atoms with Crippen molar-refractivity contribution in [1.82, 2.24) is 15.0 Å². The number of aromatic nitrogens is 2. The molecule has 0 aromatic carbocycles. The molecule has 2 heterocycles. The summed E-state index contributed by atoms with van der Waals surface area (Å²) < 4.78 is 4.79. The smallest absolute Gasteiger partial charge is 0.222 e. The van der Waals surface area contributed by atoms with Crippen LogP contribution in [0, 0.1) is 0 Å². The first-order chi connectivity index (χ1) is 7.15. The topological polar surface area (TPSA) is 68.2 Å². The second-order valence-electron chi connectivity index (χ2n) is 3.48. The molecule has 0 aliphatic rings. The van der Waals surface area contributed by atoms with Crippen molar-refractivity contribution in [2.45, 2.75) is 6.54 Å². The van der Waals surface area contributed by atoms with Gasteiger partial charge in [-0.15, -0.1) is 11.3 Å². The van der Waals surface area contributed by atoms with Gasteiger partial charge in [0.1, 0.15) is 10.7 Å². The van der Waals surface area contributed by atoms with Gasteiger partial charge in [-0.05, 0) is 14.1 Å². The predicted molar refractivity (Wildman–Crippen MR) is 59.4 cm³/mol. The second-order valence-corrected chi connectivity index (χ2v) is 4.60. The standard InChI is InChI=1S/C9H12N4OS/c1-13(2)5-6-4-11-9(15-6)7-3-8(10)14-12-7/h3-4H,5,10H2,1-2H3. The summed E-state index contributed by atoms with van der Waals surface area (Å²) in [6.45, 7) is 0.880. The van der Waals surface area contributed by atoms with Gasteiger partial charge in [0, 0.05) is 23.7 Å². The highest BCUT2D eigenvalue weighted by atomic mass is 32.1. The van der Waals surface area contributed by atoms with Crippen LogP contribution in [0.3, 0.4) is 0 Å². The van der Waals surface area contributed by atoms with Crippen molar-refractivity contribution >= 4 is 17.2 Å². The van der Waals surface area contributed by atoms with Crippen LogP contribution in [0.1, 0.15) is 4.88 Å². The van der Waals surface area contributed by atoms with E-state index in [1.54, 1.807) is 17.4 Å². The van der Waals surface area contributed by atoms with Gasteiger partial charge in [0.2, 0.25) is 5.88 Å². The van der Waals surface area contributed by atoms with Crippen LogP contribution in [0.4, 0.5) is 5.88 Å². The fourth-order valence-electron chi connectivity index (χ4n) is 1.20. The zero-order valence-electron chi connectivity index (χ0n) is 8.60. The average molecular weight is 224 g/mol. The molecule has 0 saturated carbocycles. The van der Waals surface area contributed by atoms with E-state index in [1.165, 1.54) is 4.88 Å². The number of nitrogen functional groups attached to an aromatic ring is 1. The number of nitrogens with zero attached hydrogens (tertiary/aromatic N) is 3. The van der Waals surface area contributed by atoms with Crippen LogP contribution in [-0.4, -0.2) is 29.1 Å². The minimum atomic E-state index is 0.314. The molecule has 6 heteroatoms. The van der Waals surface area contributed by atoms with Crippen LogP contribution in [0.5, 0.6) is 0 Å². The van der Waals surface area contributed by atoms with Gasteiger partial charge in [-0.3, -0.25) is 0 Å². The molecule has 2 rings (SSSR count). The molecular weight excluding hydrogens is 212 g/mol. The van der Waals surface area contributed by atoms with Gasteiger partial charge in [-0.1, -0.05) is 5.16 Å². The van der Waals surface area contributed by atoms with Crippen molar-refractivity contribution in [3.05, 3.63) is 17.1 Å². The van der Waals surface area contributed by atoms with Gasteiger partial charge < -0.3 is 15.2 Å². The van der Waals surface area contributed by atoms with Crippen LogP contribution in [0.15, 0.2) is 16.8 Å².